The van der Waals surface area contributed by atoms with Crippen molar-refractivity contribution >= 4 is 5.95 Å². The maximum absolute atomic E-state index is 12.0. The van der Waals surface area contributed by atoms with Gasteiger partial charge in [0.25, 0.3) is 5.56 Å². The summed E-state index contributed by atoms with van der Waals surface area (Å²) in [6.07, 6.45) is 10.5. The van der Waals surface area contributed by atoms with Crippen molar-refractivity contribution in [2.45, 2.75) is 19.3 Å². The number of nitrogens with one attached hydrogen (secondary N) is 2. The van der Waals surface area contributed by atoms with Gasteiger partial charge in [0, 0.05) is 26.1 Å². The molecule has 3 N–H and O–H groups in total. The normalized spacial score (nSPS) is 9.58. The minimum absolute atomic E-state index is 0.133. The molecule has 1 aromatic heterocycles. The van der Waals surface area contributed by atoms with E-state index in [0.717, 1.165) is 30.6 Å². The van der Waals surface area contributed by atoms with Crippen molar-refractivity contribution < 1.29 is 5.11 Å². The number of hydrogen-bond acceptors (Lipinski definition) is 5. The monoisotopic (exact) mass is 420 g/mol. The number of nitrogens with zero attached hydrogens (tertiary/aromatic N) is 2. The fourth-order valence-corrected chi connectivity index (χ4v) is 2.86. The van der Waals surface area contributed by atoms with Gasteiger partial charge in [-0.3, -0.25) is 9.78 Å². The average molecular weight is 421 g/mol. The largest absolute Gasteiger partial charge is 0.508 e. The average Bonchev–Trinajstić information content (AvgIpc) is 2.77. The van der Waals surface area contributed by atoms with Crippen molar-refractivity contribution in [1.29, 1.82) is 0 Å². The van der Waals surface area contributed by atoms with Crippen LogP contribution in [0.4, 0.5) is 5.95 Å². The first-order valence-corrected chi connectivity index (χ1v) is 10.1. The molecule has 3 aromatic rings. The topological polar surface area (TPSA) is 81.2 Å². The first kappa shape index (κ1) is 25.5. The minimum atomic E-state index is -0.133. The van der Waals surface area contributed by atoms with Crippen LogP contribution in [0.5, 0.6) is 5.75 Å². The zero-order chi connectivity index (χ0) is 23.1. The highest BCUT2D eigenvalue weighted by Gasteiger charge is 2.07. The van der Waals surface area contributed by atoms with E-state index in [-0.39, 0.29) is 11.3 Å². The van der Waals surface area contributed by atoms with Gasteiger partial charge in [-0.05, 0) is 50.2 Å². The van der Waals surface area contributed by atoms with Crippen LogP contribution in [0, 0.1) is 12.8 Å². The van der Waals surface area contributed by atoms with Gasteiger partial charge in [-0.1, -0.05) is 42.5 Å². The van der Waals surface area contributed by atoms with E-state index in [1.54, 1.807) is 18.2 Å². The summed E-state index contributed by atoms with van der Waals surface area (Å²) in [6, 6.07) is 18.8. The summed E-state index contributed by atoms with van der Waals surface area (Å²) in [4.78, 5) is 21.4. The highest BCUT2D eigenvalue weighted by molar-refractivity contribution is 5.31. The summed E-state index contributed by atoms with van der Waals surface area (Å²) < 4.78 is 0. The minimum Gasteiger partial charge on any atom is -0.508 e. The van der Waals surface area contributed by atoms with Crippen LogP contribution in [-0.2, 0) is 12.8 Å². The number of terminal acetylenes is 1. The van der Waals surface area contributed by atoms with Crippen LogP contribution in [0.3, 0.4) is 0 Å². The maximum Gasteiger partial charge on any atom is 0.252 e. The number of hydrogen-bond donors (Lipinski definition) is 3. The lowest BCUT2D eigenvalue weighted by atomic mass is 10.1. The second-order valence-electron chi connectivity index (χ2n) is 6.91. The molecule has 2 aromatic carbocycles. The number of aromatic hydroxyl groups is 1. The Labute approximate surface area is 185 Å². The van der Waals surface area contributed by atoms with Crippen molar-refractivity contribution in [3.05, 3.63) is 87.8 Å². The van der Waals surface area contributed by atoms with E-state index in [2.05, 4.69) is 28.1 Å². The number of aromatic nitrogens is 2. The molecule has 0 spiro atoms. The standard InChI is InChI=1S/C21H23N3O2.C2H7N.C2H2/c1-24(13-5-8-16-9-11-19(25)12-10-16)21-22-18(15-20(26)23-21)14-17-6-3-2-4-7-17;1-3-2;1-2/h2-4,6-7,9-12,15,25H,5,8,13-14H2,1H3,(H,22,23,26);3H,1-2H3;1-2H. The molecule has 0 unspecified atom stereocenters. The molecule has 6 nitrogen and oxygen atoms in total. The molecule has 0 radical (unpaired) electrons. The van der Waals surface area contributed by atoms with Gasteiger partial charge >= 0.3 is 0 Å². The molecule has 0 aliphatic rings. The zero-order valence-corrected chi connectivity index (χ0v) is 18.5. The van der Waals surface area contributed by atoms with Crippen molar-refractivity contribution in [2.75, 3.05) is 32.6 Å². The van der Waals surface area contributed by atoms with Crippen LogP contribution in [0.1, 0.15) is 23.2 Å². The zero-order valence-electron chi connectivity index (χ0n) is 18.5. The van der Waals surface area contributed by atoms with Crippen LogP contribution >= 0.6 is 0 Å². The van der Waals surface area contributed by atoms with E-state index in [4.69, 9.17) is 0 Å². The van der Waals surface area contributed by atoms with Crippen molar-refractivity contribution in [2.24, 2.45) is 0 Å². The molecule has 0 aliphatic heterocycles. The highest BCUT2D eigenvalue weighted by Crippen LogP contribution is 2.13. The molecular formula is C25H32N4O2. The number of rotatable bonds is 7. The lowest BCUT2D eigenvalue weighted by molar-refractivity contribution is 0.475. The fraction of sp³-hybridized carbons (Fsp3) is 0.280. The fourth-order valence-electron chi connectivity index (χ4n) is 2.86. The molecule has 164 valence electrons. The third-order valence-corrected chi connectivity index (χ3v) is 4.27. The van der Waals surface area contributed by atoms with E-state index < -0.39 is 0 Å². The summed E-state index contributed by atoms with van der Waals surface area (Å²) in [5, 5.41) is 12.1. The SMILES string of the molecule is C#C.CN(CCCc1ccc(O)cc1)c1nc(Cc2ccccc2)cc(=O)[nH]1.CNC. The smallest absolute Gasteiger partial charge is 0.252 e. The summed E-state index contributed by atoms with van der Waals surface area (Å²) in [5.74, 6) is 0.872. The number of H-pyrrole nitrogens is 1. The molecule has 0 fully saturated rings. The number of phenols is 1. The molecule has 0 saturated carbocycles. The van der Waals surface area contributed by atoms with E-state index in [9.17, 15) is 9.90 Å². The van der Waals surface area contributed by atoms with Gasteiger partial charge in [0.1, 0.15) is 5.75 Å². The predicted octanol–water partition coefficient (Wildman–Crippen LogP) is 3.22. The van der Waals surface area contributed by atoms with Crippen molar-refractivity contribution in [3.8, 4) is 18.6 Å². The Morgan fingerprint density at radius 1 is 1.03 bits per heavy atom. The first-order valence-electron chi connectivity index (χ1n) is 10.1. The van der Waals surface area contributed by atoms with Gasteiger partial charge in [0.15, 0.2) is 0 Å². The van der Waals surface area contributed by atoms with Crippen LogP contribution in [0.25, 0.3) is 0 Å². The molecule has 6 heteroatoms. The van der Waals surface area contributed by atoms with Gasteiger partial charge in [-0.25, -0.2) is 4.98 Å². The molecule has 0 bridgehead atoms. The summed E-state index contributed by atoms with van der Waals surface area (Å²) in [5.41, 5.74) is 2.94. The lowest BCUT2D eigenvalue weighted by Crippen LogP contribution is -2.25. The Morgan fingerprint density at radius 2 is 1.65 bits per heavy atom. The molecule has 1 heterocycles. The summed E-state index contributed by atoms with van der Waals surface area (Å²) in [6.45, 7) is 0.776. The van der Waals surface area contributed by atoms with Crippen LogP contribution in [0.2, 0.25) is 0 Å². The maximum atomic E-state index is 12.0. The molecular weight excluding hydrogens is 388 g/mol. The van der Waals surface area contributed by atoms with E-state index >= 15 is 0 Å². The van der Waals surface area contributed by atoms with E-state index in [0.29, 0.717) is 12.4 Å². The van der Waals surface area contributed by atoms with E-state index in [1.807, 2.05) is 68.5 Å². The molecule has 31 heavy (non-hydrogen) atoms. The second-order valence-corrected chi connectivity index (χ2v) is 6.91. The van der Waals surface area contributed by atoms with Crippen molar-refractivity contribution in [3.63, 3.8) is 0 Å². The number of phenolic OH excluding ortho intramolecular Hbond substituents is 1. The van der Waals surface area contributed by atoms with Gasteiger partial charge in [0.2, 0.25) is 5.95 Å². The lowest BCUT2D eigenvalue weighted by Gasteiger charge is -2.18. The number of anilines is 1. The first-order chi connectivity index (χ1) is 15.0. The second kappa shape index (κ2) is 14.4. The molecule has 0 aliphatic carbocycles. The van der Waals surface area contributed by atoms with E-state index in [1.165, 1.54) is 5.56 Å². The number of aromatic amines is 1. The predicted molar refractivity (Wildman–Crippen MR) is 129 cm³/mol. The number of benzene rings is 2. The summed E-state index contributed by atoms with van der Waals surface area (Å²) >= 11 is 0. The highest BCUT2D eigenvalue weighted by atomic mass is 16.3. The van der Waals surface area contributed by atoms with Gasteiger partial charge < -0.3 is 15.3 Å². The van der Waals surface area contributed by atoms with Crippen molar-refractivity contribution in [1.82, 2.24) is 15.3 Å². The third kappa shape index (κ3) is 9.66. The van der Waals surface area contributed by atoms with Crippen LogP contribution in [-0.4, -0.2) is 42.8 Å². The summed E-state index contributed by atoms with van der Waals surface area (Å²) in [7, 11) is 5.68. The Morgan fingerprint density at radius 3 is 2.26 bits per heavy atom. The Hall–Kier alpha value is -3.56. The Kier molecular flexibility index (Phi) is 11.9. The van der Waals surface area contributed by atoms with Crippen LogP contribution in [0.15, 0.2) is 65.5 Å². The van der Waals surface area contributed by atoms with Crippen LogP contribution < -0.4 is 15.8 Å². The third-order valence-electron chi connectivity index (χ3n) is 4.27. The molecule has 0 saturated heterocycles. The molecule has 0 amide bonds. The Balaban J connectivity index is 0.000000884. The molecule has 3 rings (SSSR count). The number of aryl methyl sites for hydroxylation is 1. The molecule has 0 atom stereocenters. The van der Waals surface area contributed by atoms with Gasteiger partial charge in [-0.2, -0.15) is 0 Å². The Bertz CT molecular complexity index is 951. The van der Waals surface area contributed by atoms with Gasteiger partial charge in [-0.15, -0.1) is 12.8 Å². The quantitative estimate of drug-likeness (QED) is 0.512. The van der Waals surface area contributed by atoms with Gasteiger partial charge in [0.05, 0.1) is 5.69 Å².